The molecule has 2 rings (SSSR count). The summed E-state index contributed by atoms with van der Waals surface area (Å²) in [7, 11) is 0. The van der Waals surface area contributed by atoms with Gasteiger partial charge in [0.15, 0.2) is 5.78 Å². The zero-order valence-electron chi connectivity index (χ0n) is 10.3. The van der Waals surface area contributed by atoms with Crippen molar-refractivity contribution < 1.29 is 4.79 Å². The van der Waals surface area contributed by atoms with Gasteiger partial charge in [-0.25, -0.2) is 4.68 Å². The van der Waals surface area contributed by atoms with Gasteiger partial charge in [0.1, 0.15) is 6.54 Å². The topological polar surface area (TPSA) is 71.9 Å². The van der Waals surface area contributed by atoms with Crippen molar-refractivity contribution >= 4 is 33.0 Å². The van der Waals surface area contributed by atoms with Crippen LogP contribution in [0.5, 0.6) is 0 Å². The summed E-state index contributed by atoms with van der Waals surface area (Å²) in [5, 5.41) is 4.20. The lowest BCUT2D eigenvalue weighted by Crippen LogP contribution is -2.35. The Morgan fingerprint density at radius 1 is 1.37 bits per heavy atom. The number of H-pyrrole nitrogens is 1. The van der Waals surface area contributed by atoms with Crippen molar-refractivity contribution in [2.75, 3.05) is 0 Å². The van der Waals surface area contributed by atoms with Gasteiger partial charge in [0.25, 0.3) is 11.1 Å². The molecule has 0 aliphatic rings. The number of Topliss-reactive ketones (excluding diaryl/α,β-unsaturated/α-hetero) is 1. The molecule has 0 amide bonds. The molecule has 19 heavy (non-hydrogen) atoms. The maximum absolute atomic E-state index is 12.1. The van der Waals surface area contributed by atoms with Gasteiger partial charge in [-0.2, -0.15) is 0 Å². The second-order valence-corrected chi connectivity index (χ2v) is 5.87. The van der Waals surface area contributed by atoms with Crippen molar-refractivity contribution in [3.05, 3.63) is 52.6 Å². The highest BCUT2D eigenvalue weighted by Gasteiger charge is 2.15. The third-order valence-electron chi connectivity index (χ3n) is 2.88. The number of carbonyl (C=O) groups excluding carboxylic acids is 1. The first kappa shape index (κ1) is 14.0. The van der Waals surface area contributed by atoms with Crippen LogP contribution >= 0.6 is 27.3 Å². The Bertz CT molecular complexity index is 757. The smallest absolute Gasteiger partial charge is 0.268 e. The number of thiophene rings is 1. The molecule has 0 unspecified atom stereocenters. The lowest BCUT2D eigenvalue weighted by molar-refractivity contribution is 0.0968. The lowest BCUT2D eigenvalue weighted by Gasteiger charge is -2.07. The predicted octanol–water partition coefficient (Wildman–Crippen LogP) is 1.86. The van der Waals surface area contributed by atoms with Crippen LogP contribution < -0.4 is 11.1 Å². The molecular weight excluding hydrogens is 332 g/mol. The van der Waals surface area contributed by atoms with Gasteiger partial charge in [0, 0.05) is 15.6 Å². The summed E-state index contributed by atoms with van der Waals surface area (Å²) in [6.07, 6.45) is 0. The molecule has 0 saturated heterocycles. The Kier molecular flexibility index (Phi) is 3.86. The fourth-order valence-electron chi connectivity index (χ4n) is 1.61. The van der Waals surface area contributed by atoms with Crippen LogP contribution in [0, 0.1) is 13.8 Å². The van der Waals surface area contributed by atoms with Gasteiger partial charge in [-0.05, 0) is 41.2 Å². The molecule has 0 saturated carbocycles. The van der Waals surface area contributed by atoms with Crippen LogP contribution in [0.1, 0.15) is 20.8 Å². The molecule has 0 atom stereocenters. The van der Waals surface area contributed by atoms with Gasteiger partial charge in [-0.1, -0.05) is 0 Å². The Labute approximate surface area is 121 Å². The van der Waals surface area contributed by atoms with Crippen molar-refractivity contribution in [3.63, 3.8) is 0 Å². The molecular formula is C12H11BrN2O3S. The fourth-order valence-corrected chi connectivity index (χ4v) is 3.14. The van der Waals surface area contributed by atoms with E-state index in [1.807, 2.05) is 0 Å². The van der Waals surface area contributed by atoms with Gasteiger partial charge in [-0.3, -0.25) is 19.5 Å². The summed E-state index contributed by atoms with van der Waals surface area (Å²) < 4.78 is 1.75. The second kappa shape index (κ2) is 5.26. The van der Waals surface area contributed by atoms with Crippen molar-refractivity contribution in [3.8, 4) is 0 Å². The van der Waals surface area contributed by atoms with Crippen LogP contribution in [0.4, 0.5) is 0 Å². The van der Waals surface area contributed by atoms with E-state index in [1.54, 1.807) is 25.3 Å². The largest absolute Gasteiger partial charge is 0.291 e. The first-order valence-electron chi connectivity index (χ1n) is 5.48. The first-order chi connectivity index (χ1) is 8.91. The van der Waals surface area contributed by atoms with Crippen molar-refractivity contribution in [1.82, 2.24) is 9.78 Å². The van der Waals surface area contributed by atoms with Crippen molar-refractivity contribution in [2.45, 2.75) is 20.4 Å². The molecule has 0 aromatic carbocycles. The van der Waals surface area contributed by atoms with E-state index in [2.05, 4.69) is 21.0 Å². The third kappa shape index (κ3) is 2.62. The molecule has 0 radical (unpaired) electrons. The van der Waals surface area contributed by atoms with Gasteiger partial charge in [-0.15, -0.1) is 11.3 Å². The number of hydrogen-bond donors (Lipinski definition) is 1. The highest BCUT2D eigenvalue weighted by atomic mass is 79.9. The Hall–Kier alpha value is -1.47. The second-order valence-electron chi connectivity index (χ2n) is 4.10. The standard InChI is InChI=1S/C12H11BrN2O3S/c1-6-7(2)12(18)15(14-11(6)17)5-9(16)10-8(13)3-4-19-10/h3-4H,5H2,1-2H3,(H,14,17). The summed E-state index contributed by atoms with van der Waals surface area (Å²) >= 11 is 4.56. The molecule has 0 aliphatic heterocycles. The normalized spacial score (nSPS) is 10.7. The highest BCUT2D eigenvalue weighted by Crippen LogP contribution is 2.23. The summed E-state index contributed by atoms with van der Waals surface area (Å²) in [5.74, 6) is -0.220. The maximum Gasteiger partial charge on any atom is 0.268 e. The van der Waals surface area contributed by atoms with Crippen LogP contribution in [0.2, 0.25) is 0 Å². The quantitative estimate of drug-likeness (QED) is 0.865. The molecule has 0 spiro atoms. The van der Waals surface area contributed by atoms with E-state index in [0.717, 1.165) is 4.68 Å². The molecule has 1 N–H and O–H groups in total. The number of hydrogen-bond acceptors (Lipinski definition) is 4. The van der Waals surface area contributed by atoms with Crippen LogP contribution in [-0.2, 0) is 6.54 Å². The van der Waals surface area contributed by atoms with E-state index < -0.39 is 0 Å². The SMILES string of the molecule is Cc1c(C)c(=O)n(CC(=O)c2sccc2Br)[nH]c1=O. The van der Waals surface area contributed by atoms with E-state index in [9.17, 15) is 14.4 Å². The first-order valence-corrected chi connectivity index (χ1v) is 7.15. The molecule has 2 heterocycles. The Morgan fingerprint density at radius 2 is 2.05 bits per heavy atom. The zero-order valence-corrected chi connectivity index (χ0v) is 12.7. The molecule has 0 fully saturated rings. The Balaban J connectivity index is 2.41. The number of halogens is 1. The number of nitrogens with zero attached hydrogens (tertiary/aromatic N) is 1. The van der Waals surface area contributed by atoms with Crippen LogP contribution in [-0.4, -0.2) is 15.6 Å². The molecule has 0 bridgehead atoms. The van der Waals surface area contributed by atoms with Gasteiger partial charge in [0.2, 0.25) is 0 Å². The minimum absolute atomic E-state index is 0.172. The minimum Gasteiger partial charge on any atom is -0.291 e. The fraction of sp³-hybridized carbons (Fsp3) is 0.250. The third-order valence-corrected chi connectivity index (χ3v) is 4.76. The van der Waals surface area contributed by atoms with Crippen molar-refractivity contribution in [1.29, 1.82) is 0 Å². The zero-order chi connectivity index (χ0) is 14.2. The summed E-state index contributed by atoms with van der Waals surface area (Å²) in [4.78, 5) is 36.2. The monoisotopic (exact) mass is 342 g/mol. The van der Waals surface area contributed by atoms with E-state index in [1.165, 1.54) is 11.3 Å². The molecule has 5 nitrogen and oxygen atoms in total. The number of aromatic amines is 1. The number of aromatic nitrogens is 2. The van der Waals surface area contributed by atoms with Crippen LogP contribution in [0.15, 0.2) is 25.5 Å². The molecule has 7 heteroatoms. The Morgan fingerprint density at radius 3 is 2.63 bits per heavy atom. The van der Waals surface area contributed by atoms with Gasteiger partial charge in [0.05, 0.1) is 4.88 Å². The number of carbonyl (C=O) groups is 1. The molecule has 2 aromatic heterocycles. The average Bonchev–Trinajstić information content (AvgIpc) is 2.79. The van der Waals surface area contributed by atoms with Gasteiger partial charge < -0.3 is 0 Å². The van der Waals surface area contributed by atoms with Crippen LogP contribution in [0.25, 0.3) is 0 Å². The lowest BCUT2D eigenvalue weighted by atomic mass is 10.2. The average molecular weight is 343 g/mol. The van der Waals surface area contributed by atoms with Crippen molar-refractivity contribution in [2.24, 2.45) is 0 Å². The minimum atomic E-state index is -0.352. The number of rotatable bonds is 3. The summed E-state index contributed by atoms with van der Waals surface area (Å²) in [6, 6.07) is 1.77. The van der Waals surface area contributed by atoms with E-state index >= 15 is 0 Å². The molecule has 2 aromatic rings. The molecule has 0 aliphatic carbocycles. The summed E-state index contributed by atoms with van der Waals surface area (Å²) in [6.45, 7) is 2.99. The van der Waals surface area contributed by atoms with E-state index in [0.29, 0.717) is 20.5 Å². The predicted molar refractivity (Wildman–Crippen MR) is 77.1 cm³/mol. The molecule has 100 valence electrons. The van der Waals surface area contributed by atoms with E-state index in [4.69, 9.17) is 0 Å². The number of ketones is 1. The van der Waals surface area contributed by atoms with Gasteiger partial charge >= 0.3 is 0 Å². The van der Waals surface area contributed by atoms with Crippen LogP contribution in [0.3, 0.4) is 0 Å². The van der Waals surface area contributed by atoms with E-state index in [-0.39, 0.29) is 23.4 Å². The maximum atomic E-state index is 12.1. The highest BCUT2D eigenvalue weighted by molar-refractivity contribution is 9.10. The number of nitrogens with one attached hydrogen (secondary N) is 1. The summed E-state index contributed by atoms with van der Waals surface area (Å²) in [5.41, 5.74) is 0.0427.